The highest BCUT2D eigenvalue weighted by atomic mass is 19.4. The third kappa shape index (κ3) is 4.35. The fourth-order valence-electron chi connectivity index (χ4n) is 3.13. The molecule has 0 N–H and O–H groups in total. The molecule has 7 heteroatoms. The van der Waals surface area contributed by atoms with Crippen LogP contribution in [-0.4, -0.2) is 43.6 Å². The zero-order valence-corrected chi connectivity index (χ0v) is 15.0. The molecule has 2 aromatic rings. The lowest BCUT2D eigenvalue weighted by atomic mass is 10.1. The van der Waals surface area contributed by atoms with E-state index in [9.17, 15) is 18.0 Å². The number of carbonyl (C=O) groups is 1. The second-order valence-electron chi connectivity index (χ2n) is 6.26. The molecule has 0 aliphatic carbocycles. The number of nitrogens with zero attached hydrogens (tertiary/aromatic N) is 2. The quantitative estimate of drug-likeness (QED) is 0.804. The van der Waals surface area contributed by atoms with Crippen molar-refractivity contribution in [1.29, 1.82) is 0 Å². The highest BCUT2D eigenvalue weighted by molar-refractivity contribution is 5.94. The number of alkyl halides is 3. The van der Waals surface area contributed by atoms with Gasteiger partial charge in [0.1, 0.15) is 5.75 Å². The molecule has 1 amide bonds. The van der Waals surface area contributed by atoms with Crippen LogP contribution in [0.1, 0.15) is 22.8 Å². The van der Waals surface area contributed by atoms with E-state index in [4.69, 9.17) is 4.74 Å². The molecule has 0 spiro atoms. The third-order valence-corrected chi connectivity index (χ3v) is 4.53. The minimum atomic E-state index is -4.40. The molecule has 1 aliphatic rings. The number of ether oxygens (including phenoxy) is 1. The van der Waals surface area contributed by atoms with E-state index in [1.807, 2.05) is 31.2 Å². The van der Waals surface area contributed by atoms with Gasteiger partial charge in [0.05, 0.1) is 17.9 Å². The molecule has 0 aromatic heterocycles. The Kier molecular flexibility index (Phi) is 5.58. The first-order chi connectivity index (χ1) is 12.9. The van der Waals surface area contributed by atoms with Gasteiger partial charge in [-0.25, -0.2) is 0 Å². The molecule has 3 rings (SSSR count). The van der Waals surface area contributed by atoms with Crippen molar-refractivity contribution in [1.82, 2.24) is 4.90 Å². The van der Waals surface area contributed by atoms with Crippen LogP contribution in [0.15, 0.2) is 48.5 Å². The van der Waals surface area contributed by atoms with Crippen LogP contribution in [0.3, 0.4) is 0 Å². The van der Waals surface area contributed by atoms with E-state index in [1.54, 1.807) is 4.90 Å². The van der Waals surface area contributed by atoms with Crippen molar-refractivity contribution < 1.29 is 22.7 Å². The SMILES string of the molecule is CCOc1ccccc1N1CCN(C(=O)c2ccc(C(F)(F)F)cc2)CC1. The summed E-state index contributed by atoms with van der Waals surface area (Å²) in [6.45, 7) is 4.77. The summed E-state index contributed by atoms with van der Waals surface area (Å²) in [4.78, 5) is 16.4. The lowest BCUT2D eigenvalue weighted by Crippen LogP contribution is -2.48. The van der Waals surface area contributed by atoms with E-state index < -0.39 is 11.7 Å². The van der Waals surface area contributed by atoms with Crippen LogP contribution in [0.2, 0.25) is 0 Å². The summed E-state index contributed by atoms with van der Waals surface area (Å²) in [5, 5.41) is 0. The van der Waals surface area contributed by atoms with Gasteiger partial charge in [-0.15, -0.1) is 0 Å². The van der Waals surface area contributed by atoms with Crippen LogP contribution < -0.4 is 9.64 Å². The van der Waals surface area contributed by atoms with Crippen molar-refractivity contribution >= 4 is 11.6 Å². The smallest absolute Gasteiger partial charge is 0.416 e. The molecule has 0 radical (unpaired) electrons. The zero-order valence-electron chi connectivity index (χ0n) is 15.0. The van der Waals surface area contributed by atoms with Gasteiger partial charge in [0.15, 0.2) is 0 Å². The number of hydrogen-bond acceptors (Lipinski definition) is 3. The number of anilines is 1. The molecule has 1 aliphatic heterocycles. The number of carbonyl (C=O) groups excluding carboxylic acids is 1. The third-order valence-electron chi connectivity index (χ3n) is 4.53. The van der Waals surface area contributed by atoms with Crippen molar-refractivity contribution in [3.8, 4) is 5.75 Å². The Morgan fingerprint density at radius 3 is 2.22 bits per heavy atom. The fraction of sp³-hybridized carbons (Fsp3) is 0.350. The molecular weight excluding hydrogens is 357 g/mol. The first-order valence-electron chi connectivity index (χ1n) is 8.83. The monoisotopic (exact) mass is 378 g/mol. The summed E-state index contributed by atoms with van der Waals surface area (Å²) in [5.74, 6) is 0.559. The Morgan fingerprint density at radius 2 is 1.63 bits per heavy atom. The number of piperazine rings is 1. The van der Waals surface area contributed by atoms with Gasteiger partial charge in [-0.2, -0.15) is 13.2 Å². The fourth-order valence-corrected chi connectivity index (χ4v) is 3.13. The number of halogens is 3. The topological polar surface area (TPSA) is 32.8 Å². The Balaban J connectivity index is 1.64. The van der Waals surface area contributed by atoms with Gasteiger partial charge in [0.25, 0.3) is 5.91 Å². The van der Waals surface area contributed by atoms with Crippen LogP contribution in [-0.2, 0) is 6.18 Å². The molecule has 2 aromatic carbocycles. The van der Waals surface area contributed by atoms with E-state index in [0.29, 0.717) is 32.8 Å². The van der Waals surface area contributed by atoms with Gasteiger partial charge in [-0.05, 0) is 43.3 Å². The predicted molar refractivity (Wildman–Crippen MR) is 97.2 cm³/mol. The van der Waals surface area contributed by atoms with Gasteiger partial charge in [0.2, 0.25) is 0 Å². The number of hydrogen-bond donors (Lipinski definition) is 0. The second kappa shape index (κ2) is 7.90. The molecule has 0 unspecified atom stereocenters. The number of amides is 1. The number of para-hydroxylation sites is 2. The van der Waals surface area contributed by atoms with Gasteiger partial charge in [-0.3, -0.25) is 4.79 Å². The van der Waals surface area contributed by atoms with Crippen LogP contribution >= 0.6 is 0 Å². The molecule has 4 nitrogen and oxygen atoms in total. The molecule has 1 saturated heterocycles. The molecule has 27 heavy (non-hydrogen) atoms. The summed E-state index contributed by atoms with van der Waals surface area (Å²) in [6.07, 6.45) is -4.40. The van der Waals surface area contributed by atoms with Gasteiger partial charge in [-0.1, -0.05) is 12.1 Å². The van der Waals surface area contributed by atoms with Crippen molar-refractivity contribution in [2.45, 2.75) is 13.1 Å². The van der Waals surface area contributed by atoms with Crippen LogP contribution in [0.5, 0.6) is 5.75 Å². The minimum absolute atomic E-state index is 0.249. The van der Waals surface area contributed by atoms with Crippen LogP contribution in [0.25, 0.3) is 0 Å². The van der Waals surface area contributed by atoms with Crippen LogP contribution in [0, 0.1) is 0 Å². The predicted octanol–water partition coefficient (Wildman–Crippen LogP) is 4.07. The van der Waals surface area contributed by atoms with Crippen molar-refractivity contribution in [2.24, 2.45) is 0 Å². The Bertz CT molecular complexity index is 783. The van der Waals surface area contributed by atoms with E-state index in [0.717, 1.165) is 23.6 Å². The standard InChI is InChI=1S/C20H21F3N2O2/c1-2-27-18-6-4-3-5-17(18)24-11-13-25(14-12-24)19(26)15-7-9-16(10-8-15)20(21,22)23/h3-10H,2,11-14H2,1H3. The summed E-state index contributed by atoms with van der Waals surface area (Å²) in [5.41, 5.74) is 0.503. The first kappa shape index (κ1) is 19.1. The largest absolute Gasteiger partial charge is 0.492 e. The second-order valence-corrected chi connectivity index (χ2v) is 6.26. The van der Waals surface area contributed by atoms with E-state index in [1.165, 1.54) is 12.1 Å². The van der Waals surface area contributed by atoms with E-state index in [2.05, 4.69) is 4.90 Å². The van der Waals surface area contributed by atoms with E-state index >= 15 is 0 Å². The zero-order chi connectivity index (χ0) is 19.4. The molecule has 144 valence electrons. The van der Waals surface area contributed by atoms with E-state index in [-0.39, 0.29) is 11.5 Å². The average Bonchev–Trinajstić information content (AvgIpc) is 2.68. The summed E-state index contributed by atoms with van der Waals surface area (Å²) >= 11 is 0. The Labute approximate surface area is 156 Å². The van der Waals surface area contributed by atoms with Crippen molar-refractivity contribution in [3.05, 3.63) is 59.7 Å². The average molecular weight is 378 g/mol. The molecule has 0 atom stereocenters. The van der Waals surface area contributed by atoms with Crippen molar-refractivity contribution in [2.75, 3.05) is 37.7 Å². The van der Waals surface area contributed by atoms with Gasteiger partial charge < -0.3 is 14.5 Å². The summed E-state index contributed by atoms with van der Waals surface area (Å²) < 4.78 is 43.6. The number of rotatable bonds is 4. The highest BCUT2D eigenvalue weighted by Gasteiger charge is 2.31. The van der Waals surface area contributed by atoms with Crippen LogP contribution in [0.4, 0.5) is 18.9 Å². The molecule has 0 bridgehead atoms. The lowest BCUT2D eigenvalue weighted by molar-refractivity contribution is -0.137. The maximum Gasteiger partial charge on any atom is 0.416 e. The minimum Gasteiger partial charge on any atom is -0.492 e. The molecule has 1 heterocycles. The van der Waals surface area contributed by atoms with Crippen molar-refractivity contribution in [3.63, 3.8) is 0 Å². The number of benzene rings is 2. The first-order valence-corrected chi connectivity index (χ1v) is 8.83. The Morgan fingerprint density at radius 1 is 1.00 bits per heavy atom. The normalized spacial score (nSPS) is 15.0. The maximum atomic E-state index is 12.7. The van der Waals surface area contributed by atoms with Gasteiger partial charge in [0, 0.05) is 31.7 Å². The molecule has 0 saturated carbocycles. The summed E-state index contributed by atoms with van der Waals surface area (Å²) in [6, 6.07) is 12.1. The lowest BCUT2D eigenvalue weighted by Gasteiger charge is -2.36. The highest BCUT2D eigenvalue weighted by Crippen LogP contribution is 2.30. The molecular formula is C20H21F3N2O2. The Hall–Kier alpha value is -2.70. The maximum absolute atomic E-state index is 12.7. The van der Waals surface area contributed by atoms with Gasteiger partial charge >= 0.3 is 6.18 Å². The molecule has 1 fully saturated rings. The summed E-state index contributed by atoms with van der Waals surface area (Å²) in [7, 11) is 0.